The lowest BCUT2D eigenvalue weighted by atomic mass is 10.3. The molecular formula is C9H13N5O2. The second kappa shape index (κ2) is 4.01. The van der Waals surface area contributed by atoms with Gasteiger partial charge in [-0.05, 0) is 6.42 Å². The Labute approximate surface area is 91.3 Å². The van der Waals surface area contributed by atoms with Crippen LogP contribution >= 0.6 is 0 Å². The lowest BCUT2D eigenvalue weighted by molar-refractivity contribution is 0.148. The van der Waals surface area contributed by atoms with Crippen LogP contribution in [0.3, 0.4) is 0 Å². The zero-order chi connectivity index (χ0) is 11.7. The topological polar surface area (TPSA) is 85.8 Å². The standard InChI is InChI=1S/C9H13N5O2/c1-3-6(15)4-14-5-10-8-7(9(14)16)11-12-13(8)2/h5-6,15H,3-4H2,1-2H3/t6-/m0/s1. The maximum absolute atomic E-state index is 11.9. The molecule has 2 aromatic heterocycles. The third kappa shape index (κ3) is 1.69. The molecule has 0 fully saturated rings. The van der Waals surface area contributed by atoms with Gasteiger partial charge in [-0.1, -0.05) is 12.1 Å². The van der Waals surface area contributed by atoms with Gasteiger partial charge in [-0.3, -0.25) is 9.36 Å². The Bertz CT molecular complexity index is 559. The summed E-state index contributed by atoms with van der Waals surface area (Å²) in [5.41, 5.74) is 0.408. The maximum atomic E-state index is 11.9. The molecule has 0 bridgehead atoms. The Kier molecular flexibility index (Phi) is 2.69. The Hall–Kier alpha value is -1.76. The van der Waals surface area contributed by atoms with Gasteiger partial charge in [0.15, 0.2) is 11.2 Å². The second-order valence-corrected chi connectivity index (χ2v) is 3.65. The first kappa shape index (κ1) is 10.7. The normalized spacial score (nSPS) is 13.2. The van der Waals surface area contributed by atoms with Crippen LogP contribution in [0.25, 0.3) is 11.2 Å². The Morgan fingerprint density at radius 2 is 2.31 bits per heavy atom. The predicted molar refractivity (Wildman–Crippen MR) is 56.9 cm³/mol. The largest absolute Gasteiger partial charge is 0.391 e. The van der Waals surface area contributed by atoms with E-state index in [1.165, 1.54) is 15.6 Å². The molecule has 0 amide bonds. The highest BCUT2D eigenvalue weighted by molar-refractivity contribution is 5.67. The first-order chi connectivity index (χ1) is 7.63. The summed E-state index contributed by atoms with van der Waals surface area (Å²) >= 11 is 0. The molecule has 2 heterocycles. The molecule has 16 heavy (non-hydrogen) atoms. The minimum absolute atomic E-state index is 0.230. The molecule has 0 saturated heterocycles. The molecular weight excluding hydrogens is 210 g/mol. The number of aryl methyl sites for hydroxylation is 1. The van der Waals surface area contributed by atoms with Crippen molar-refractivity contribution in [2.75, 3.05) is 0 Å². The first-order valence-corrected chi connectivity index (χ1v) is 5.06. The molecule has 1 N–H and O–H groups in total. The smallest absolute Gasteiger partial charge is 0.283 e. The van der Waals surface area contributed by atoms with Gasteiger partial charge < -0.3 is 5.11 Å². The van der Waals surface area contributed by atoms with Gasteiger partial charge in [0.25, 0.3) is 5.56 Å². The minimum atomic E-state index is -0.548. The van der Waals surface area contributed by atoms with E-state index < -0.39 is 6.10 Å². The van der Waals surface area contributed by atoms with E-state index in [2.05, 4.69) is 15.3 Å². The van der Waals surface area contributed by atoms with Crippen molar-refractivity contribution < 1.29 is 5.11 Å². The molecule has 2 aromatic rings. The first-order valence-electron chi connectivity index (χ1n) is 5.06. The van der Waals surface area contributed by atoms with Crippen LogP contribution in [0.15, 0.2) is 11.1 Å². The van der Waals surface area contributed by atoms with Gasteiger partial charge >= 0.3 is 0 Å². The van der Waals surface area contributed by atoms with Crippen molar-refractivity contribution in [3.05, 3.63) is 16.7 Å². The quantitative estimate of drug-likeness (QED) is 0.743. The lowest BCUT2D eigenvalue weighted by Crippen LogP contribution is -2.26. The molecule has 0 aromatic carbocycles. The summed E-state index contributed by atoms with van der Waals surface area (Å²) in [6.45, 7) is 2.08. The summed E-state index contributed by atoms with van der Waals surface area (Å²) in [5.74, 6) is 0. The average Bonchev–Trinajstić information content (AvgIpc) is 2.65. The van der Waals surface area contributed by atoms with Gasteiger partial charge in [-0.25, -0.2) is 9.67 Å². The minimum Gasteiger partial charge on any atom is -0.391 e. The van der Waals surface area contributed by atoms with Crippen molar-refractivity contribution in [1.82, 2.24) is 24.5 Å². The highest BCUT2D eigenvalue weighted by Gasteiger charge is 2.11. The molecule has 7 heteroatoms. The summed E-state index contributed by atoms with van der Waals surface area (Å²) in [5, 5.41) is 17.0. The zero-order valence-electron chi connectivity index (χ0n) is 9.16. The van der Waals surface area contributed by atoms with Gasteiger partial charge in [-0.2, -0.15) is 0 Å². The van der Waals surface area contributed by atoms with Crippen LogP contribution in [0, 0.1) is 0 Å². The molecule has 0 unspecified atom stereocenters. The van der Waals surface area contributed by atoms with Crippen molar-refractivity contribution in [2.24, 2.45) is 7.05 Å². The van der Waals surface area contributed by atoms with E-state index >= 15 is 0 Å². The van der Waals surface area contributed by atoms with Crippen molar-refractivity contribution in [3.8, 4) is 0 Å². The van der Waals surface area contributed by atoms with E-state index in [9.17, 15) is 9.90 Å². The van der Waals surface area contributed by atoms with Crippen molar-refractivity contribution in [3.63, 3.8) is 0 Å². The van der Waals surface area contributed by atoms with Crippen LogP contribution in [0.2, 0.25) is 0 Å². The number of aliphatic hydroxyl groups excluding tert-OH is 1. The molecule has 0 spiro atoms. The van der Waals surface area contributed by atoms with Crippen LogP contribution in [-0.2, 0) is 13.6 Å². The molecule has 0 radical (unpaired) electrons. The summed E-state index contributed by atoms with van der Waals surface area (Å²) in [4.78, 5) is 16.0. The summed E-state index contributed by atoms with van der Waals surface area (Å²) in [6.07, 6.45) is 1.45. The number of nitrogens with zero attached hydrogens (tertiary/aromatic N) is 5. The number of aliphatic hydroxyl groups is 1. The SMILES string of the molecule is CC[C@H](O)Cn1cnc2c(nnn2C)c1=O. The van der Waals surface area contributed by atoms with Crippen LogP contribution in [0.5, 0.6) is 0 Å². The average molecular weight is 223 g/mol. The highest BCUT2D eigenvalue weighted by Crippen LogP contribution is 2.00. The molecule has 0 aliphatic rings. The molecule has 7 nitrogen and oxygen atoms in total. The molecule has 0 aliphatic heterocycles. The summed E-state index contributed by atoms with van der Waals surface area (Å²) in [7, 11) is 1.67. The fraction of sp³-hybridized carbons (Fsp3) is 0.556. The Balaban J connectivity index is 2.49. The van der Waals surface area contributed by atoms with Crippen molar-refractivity contribution >= 4 is 11.2 Å². The summed E-state index contributed by atoms with van der Waals surface area (Å²) in [6, 6.07) is 0. The van der Waals surface area contributed by atoms with Crippen LogP contribution in [0.4, 0.5) is 0 Å². The van der Waals surface area contributed by atoms with Gasteiger partial charge in [0.05, 0.1) is 12.6 Å². The Morgan fingerprint density at radius 1 is 1.56 bits per heavy atom. The van der Waals surface area contributed by atoms with Gasteiger partial charge in [0.2, 0.25) is 0 Å². The molecule has 0 saturated carbocycles. The van der Waals surface area contributed by atoms with Crippen molar-refractivity contribution in [2.45, 2.75) is 26.0 Å². The lowest BCUT2D eigenvalue weighted by Gasteiger charge is -2.09. The van der Waals surface area contributed by atoms with E-state index in [-0.39, 0.29) is 17.6 Å². The maximum Gasteiger partial charge on any atom is 0.283 e. The highest BCUT2D eigenvalue weighted by atomic mass is 16.3. The fourth-order valence-corrected chi connectivity index (χ4v) is 1.43. The van der Waals surface area contributed by atoms with Gasteiger partial charge in [-0.15, -0.1) is 5.10 Å². The number of hydrogen-bond acceptors (Lipinski definition) is 5. The van der Waals surface area contributed by atoms with E-state index in [1.807, 2.05) is 6.92 Å². The van der Waals surface area contributed by atoms with Crippen molar-refractivity contribution in [1.29, 1.82) is 0 Å². The van der Waals surface area contributed by atoms with E-state index in [0.717, 1.165) is 0 Å². The monoisotopic (exact) mass is 223 g/mol. The third-order valence-electron chi connectivity index (χ3n) is 2.46. The number of rotatable bonds is 3. The molecule has 2 rings (SSSR count). The van der Waals surface area contributed by atoms with Crippen LogP contribution in [-0.4, -0.2) is 35.8 Å². The van der Waals surface area contributed by atoms with E-state index in [0.29, 0.717) is 12.1 Å². The number of aromatic nitrogens is 5. The molecule has 1 atom stereocenters. The van der Waals surface area contributed by atoms with Gasteiger partial charge in [0, 0.05) is 7.05 Å². The van der Waals surface area contributed by atoms with Crippen LogP contribution < -0.4 is 5.56 Å². The number of fused-ring (bicyclic) bond motifs is 1. The fourth-order valence-electron chi connectivity index (χ4n) is 1.43. The Morgan fingerprint density at radius 3 is 3.00 bits per heavy atom. The zero-order valence-corrected chi connectivity index (χ0v) is 9.16. The second-order valence-electron chi connectivity index (χ2n) is 3.65. The van der Waals surface area contributed by atoms with E-state index in [1.54, 1.807) is 7.05 Å². The predicted octanol–water partition coefficient (Wildman–Crippen LogP) is -0.704. The van der Waals surface area contributed by atoms with Crippen LogP contribution in [0.1, 0.15) is 13.3 Å². The summed E-state index contributed by atoms with van der Waals surface area (Å²) < 4.78 is 2.79. The van der Waals surface area contributed by atoms with Gasteiger partial charge in [0.1, 0.15) is 6.33 Å². The molecule has 0 aliphatic carbocycles. The number of hydrogen-bond donors (Lipinski definition) is 1. The van der Waals surface area contributed by atoms with E-state index in [4.69, 9.17) is 0 Å². The third-order valence-corrected chi connectivity index (χ3v) is 2.46. The molecule has 86 valence electrons.